The van der Waals surface area contributed by atoms with Crippen molar-refractivity contribution < 1.29 is 9.53 Å². The summed E-state index contributed by atoms with van der Waals surface area (Å²) < 4.78 is 5.43. The lowest BCUT2D eigenvalue weighted by Gasteiger charge is -2.33. The highest BCUT2D eigenvalue weighted by atomic mass is 16.5. The number of para-hydroxylation sites is 1. The molecule has 1 fully saturated rings. The number of hydrogen-bond acceptors (Lipinski definition) is 6. The van der Waals surface area contributed by atoms with Crippen molar-refractivity contribution in [1.29, 1.82) is 5.26 Å². The van der Waals surface area contributed by atoms with Crippen molar-refractivity contribution in [2.75, 3.05) is 30.4 Å². The van der Waals surface area contributed by atoms with Crippen LogP contribution in [0.25, 0.3) is 0 Å². The highest BCUT2D eigenvalue weighted by molar-refractivity contribution is 5.98. The van der Waals surface area contributed by atoms with E-state index >= 15 is 0 Å². The Labute approximate surface area is 168 Å². The van der Waals surface area contributed by atoms with Crippen LogP contribution in [0.4, 0.5) is 11.8 Å². The molecule has 1 aromatic heterocycles. The van der Waals surface area contributed by atoms with Crippen LogP contribution in [-0.4, -0.2) is 36.1 Å². The summed E-state index contributed by atoms with van der Waals surface area (Å²) >= 11 is 0. The summed E-state index contributed by atoms with van der Waals surface area (Å²) in [4.78, 5) is 35.3. The first-order valence-corrected chi connectivity index (χ1v) is 9.76. The zero-order valence-corrected chi connectivity index (χ0v) is 16.4. The zero-order chi connectivity index (χ0) is 20.5. The van der Waals surface area contributed by atoms with Crippen molar-refractivity contribution in [3.8, 4) is 11.8 Å². The number of piperidine rings is 1. The molecule has 150 valence electrons. The van der Waals surface area contributed by atoms with Gasteiger partial charge in [-0.25, -0.2) is 0 Å². The number of carbonyl (C=O) groups is 1. The van der Waals surface area contributed by atoms with Gasteiger partial charge < -0.3 is 15.0 Å². The molecule has 29 heavy (non-hydrogen) atoms. The number of amides is 1. The van der Waals surface area contributed by atoms with Crippen LogP contribution in [-0.2, 0) is 4.79 Å². The van der Waals surface area contributed by atoms with E-state index in [1.165, 1.54) is 7.11 Å². The van der Waals surface area contributed by atoms with Gasteiger partial charge in [0.15, 0.2) is 0 Å². The van der Waals surface area contributed by atoms with Crippen molar-refractivity contribution in [2.24, 2.45) is 11.8 Å². The summed E-state index contributed by atoms with van der Waals surface area (Å²) in [7, 11) is 1.52. The van der Waals surface area contributed by atoms with Crippen molar-refractivity contribution in [2.45, 2.75) is 25.7 Å². The second-order valence-corrected chi connectivity index (χ2v) is 7.66. The molecule has 0 saturated carbocycles. The van der Waals surface area contributed by atoms with Crippen LogP contribution in [0.2, 0.25) is 0 Å². The fraction of sp³-hybridized carbons (Fsp3) is 0.429. The molecule has 0 bridgehead atoms. The molecular weight excluding hydrogens is 370 g/mol. The Morgan fingerprint density at radius 1 is 1.31 bits per heavy atom. The number of nitriles is 1. The second kappa shape index (κ2) is 7.59. The molecule has 1 aromatic carbocycles. The van der Waals surface area contributed by atoms with E-state index in [-0.39, 0.29) is 16.9 Å². The lowest BCUT2D eigenvalue weighted by Crippen LogP contribution is -2.41. The molecule has 8 nitrogen and oxygen atoms in total. The number of aromatic nitrogens is 2. The maximum absolute atomic E-state index is 13.1. The van der Waals surface area contributed by atoms with Crippen LogP contribution >= 0.6 is 0 Å². The number of ether oxygens (including phenoxy) is 1. The van der Waals surface area contributed by atoms with Crippen molar-refractivity contribution in [3.63, 3.8) is 0 Å². The lowest BCUT2D eigenvalue weighted by atomic mass is 9.79. The third-order valence-corrected chi connectivity index (χ3v) is 5.68. The summed E-state index contributed by atoms with van der Waals surface area (Å²) in [6.45, 7) is 3.77. The molecule has 0 spiro atoms. The molecule has 8 heteroatoms. The van der Waals surface area contributed by atoms with Crippen molar-refractivity contribution in [1.82, 2.24) is 9.97 Å². The van der Waals surface area contributed by atoms with Gasteiger partial charge in [0, 0.05) is 24.6 Å². The van der Waals surface area contributed by atoms with Gasteiger partial charge in [-0.1, -0.05) is 25.1 Å². The number of aromatic amines is 1. The topological polar surface area (TPSA) is 111 Å². The average molecular weight is 393 g/mol. The first kappa shape index (κ1) is 19.0. The van der Waals surface area contributed by atoms with Gasteiger partial charge >= 0.3 is 0 Å². The Kier molecular flexibility index (Phi) is 4.97. The van der Waals surface area contributed by atoms with E-state index in [1.807, 2.05) is 11.0 Å². The number of rotatable bonds is 3. The Balaban J connectivity index is 1.86. The normalized spacial score (nSPS) is 23.7. The number of nitrogens with one attached hydrogen (secondary N) is 2. The molecule has 2 aliphatic heterocycles. The molecule has 0 radical (unpaired) electrons. The molecule has 3 heterocycles. The number of nitrogens with zero attached hydrogens (tertiary/aromatic N) is 3. The van der Waals surface area contributed by atoms with E-state index in [9.17, 15) is 14.9 Å². The highest BCUT2D eigenvalue weighted by Gasteiger charge is 2.41. The fourth-order valence-corrected chi connectivity index (χ4v) is 4.29. The van der Waals surface area contributed by atoms with Gasteiger partial charge in [0.25, 0.3) is 5.56 Å². The number of fused-ring (bicyclic) bond motifs is 1. The quantitative estimate of drug-likeness (QED) is 0.827. The van der Waals surface area contributed by atoms with Gasteiger partial charge in [0.05, 0.1) is 18.7 Å². The molecule has 4 rings (SSSR count). The minimum absolute atomic E-state index is 0.217. The molecule has 3 unspecified atom stereocenters. The number of H-pyrrole nitrogens is 1. The van der Waals surface area contributed by atoms with Crippen LogP contribution in [0.3, 0.4) is 0 Å². The summed E-state index contributed by atoms with van der Waals surface area (Å²) in [6, 6.07) is 9.17. The number of hydrogen-bond donors (Lipinski definition) is 2. The highest BCUT2D eigenvalue weighted by Crippen LogP contribution is 2.41. The molecule has 2 aliphatic rings. The van der Waals surface area contributed by atoms with Crippen molar-refractivity contribution in [3.05, 3.63) is 45.7 Å². The van der Waals surface area contributed by atoms with Gasteiger partial charge in [-0.2, -0.15) is 10.2 Å². The van der Waals surface area contributed by atoms with E-state index in [0.29, 0.717) is 23.2 Å². The first-order chi connectivity index (χ1) is 14.0. The van der Waals surface area contributed by atoms with Gasteiger partial charge in [-0.3, -0.25) is 14.6 Å². The van der Waals surface area contributed by atoms with E-state index < -0.39 is 17.7 Å². The predicted octanol–water partition coefficient (Wildman–Crippen LogP) is 2.24. The third-order valence-electron chi connectivity index (χ3n) is 5.68. The van der Waals surface area contributed by atoms with Crippen LogP contribution in [0, 0.1) is 23.2 Å². The van der Waals surface area contributed by atoms with Crippen molar-refractivity contribution >= 4 is 17.7 Å². The minimum atomic E-state index is -1.05. The van der Waals surface area contributed by atoms with Gasteiger partial charge in [-0.15, -0.1) is 0 Å². The van der Waals surface area contributed by atoms with Crippen LogP contribution in [0.1, 0.15) is 36.8 Å². The molecule has 3 atom stereocenters. The van der Waals surface area contributed by atoms with Gasteiger partial charge in [0.2, 0.25) is 11.9 Å². The predicted molar refractivity (Wildman–Crippen MR) is 108 cm³/mol. The van der Waals surface area contributed by atoms with E-state index in [1.54, 1.807) is 24.3 Å². The second-order valence-electron chi connectivity index (χ2n) is 7.66. The Hall–Kier alpha value is -3.34. The SMILES string of the molecule is COc1ccccc1C1c2c(nc(N3CCCC(C)C3)[nH]c2=O)NC(=O)C1C#N. The molecular formula is C21H23N5O3. The van der Waals surface area contributed by atoms with E-state index in [2.05, 4.69) is 22.2 Å². The minimum Gasteiger partial charge on any atom is -0.496 e. The number of benzene rings is 1. The maximum atomic E-state index is 13.1. The van der Waals surface area contributed by atoms with E-state index in [0.717, 1.165) is 25.9 Å². The average Bonchev–Trinajstić information content (AvgIpc) is 2.72. The molecule has 0 aliphatic carbocycles. The third kappa shape index (κ3) is 3.33. The van der Waals surface area contributed by atoms with E-state index in [4.69, 9.17) is 4.74 Å². The summed E-state index contributed by atoms with van der Waals surface area (Å²) in [6.07, 6.45) is 2.16. The number of methoxy groups -OCH3 is 1. The van der Waals surface area contributed by atoms with Gasteiger partial charge in [0.1, 0.15) is 17.5 Å². The zero-order valence-electron chi connectivity index (χ0n) is 16.4. The fourth-order valence-electron chi connectivity index (χ4n) is 4.29. The standard InChI is InChI=1S/C21H23N5O3/c1-12-6-5-9-26(11-12)21-24-18-17(20(28)25-21)16(14(10-22)19(27)23-18)13-7-3-4-8-15(13)29-2/h3-4,7-8,12,14,16H,5-6,9,11H2,1-2H3,(H2,23,24,25,27,28). The molecule has 2 aromatic rings. The largest absolute Gasteiger partial charge is 0.496 e. The van der Waals surface area contributed by atoms with Gasteiger partial charge in [-0.05, 0) is 24.8 Å². The van der Waals surface area contributed by atoms with Crippen LogP contribution in [0.5, 0.6) is 5.75 Å². The summed E-state index contributed by atoms with van der Waals surface area (Å²) in [5.74, 6) is -0.583. The summed E-state index contributed by atoms with van der Waals surface area (Å²) in [5, 5.41) is 12.3. The Morgan fingerprint density at radius 3 is 2.83 bits per heavy atom. The molecule has 1 saturated heterocycles. The Bertz CT molecular complexity index is 1040. The maximum Gasteiger partial charge on any atom is 0.258 e. The Morgan fingerprint density at radius 2 is 2.10 bits per heavy atom. The number of carbonyl (C=O) groups excluding carboxylic acids is 1. The summed E-state index contributed by atoms with van der Waals surface area (Å²) in [5.41, 5.74) is 0.554. The van der Waals surface area contributed by atoms with Crippen LogP contribution in [0.15, 0.2) is 29.1 Å². The monoisotopic (exact) mass is 393 g/mol. The smallest absolute Gasteiger partial charge is 0.258 e. The number of anilines is 2. The first-order valence-electron chi connectivity index (χ1n) is 9.76. The molecule has 1 amide bonds. The van der Waals surface area contributed by atoms with Crippen LogP contribution < -0.4 is 20.5 Å². The molecule has 2 N–H and O–H groups in total. The lowest BCUT2D eigenvalue weighted by molar-refractivity contribution is -0.119.